The van der Waals surface area contributed by atoms with Crippen LogP contribution in [0.2, 0.25) is 0 Å². The Bertz CT molecular complexity index is 588. The van der Waals surface area contributed by atoms with Gasteiger partial charge in [-0.05, 0) is 44.9 Å². The zero-order valence-corrected chi connectivity index (χ0v) is 14.3. The monoisotopic (exact) mass is 318 g/mol. The summed E-state index contributed by atoms with van der Waals surface area (Å²) in [6, 6.07) is 7.64. The number of hydrogen-bond donors (Lipinski definition) is 2. The van der Waals surface area contributed by atoms with Gasteiger partial charge in [-0.15, -0.1) is 0 Å². The van der Waals surface area contributed by atoms with Gasteiger partial charge in [0.15, 0.2) is 0 Å². The van der Waals surface area contributed by atoms with Crippen LogP contribution in [0.3, 0.4) is 0 Å². The Labute approximate surface area is 138 Å². The van der Waals surface area contributed by atoms with Crippen molar-refractivity contribution in [1.82, 2.24) is 0 Å². The third-order valence-electron chi connectivity index (χ3n) is 3.68. The molecule has 1 rings (SSSR count). The third-order valence-corrected chi connectivity index (χ3v) is 3.68. The fourth-order valence-corrected chi connectivity index (χ4v) is 2.25. The van der Waals surface area contributed by atoms with Crippen LogP contribution in [-0.2, 0) is 9.59 Å². The van der Waals surface area contributed by atoms with Gasteiger partial charge in [-0.2, -0.15) is 0 Å². The standard InChI is InChI=1S/C18H26N2O3/c1-5-10-20(11-6-2)16-9-7-8-15(12-16)19-17(21)13(3)14(4)18(22)23/h7-9,12H,5-6,10-11H2,1-4H3,(H,19,21)(H,22,23)/b14-13-. The smallest absolute Gasteiger partial charge is 0.331 e. The highest BCUT2D eigenvalue weighted by molar-refractivity contribution is 6.08. The molecule has 0 unspecified atom stereocenters. The number of carboxylic acids is 1. The number of nitrogens with zero attached hydrogens (tertiary/aromatic N) is 1. The van der Waals surface area contributed by atoms with Crippen molar-refractivity contribution in [1.29, 1.82) is 0 Å². The van der Waals surface area contributed by atoms with E-state index in [4.69, 9.17) is 5.11 Å². The summed E-state index contributed by atoms with van der Waals surface area (Å²) in [5.41, 5.74) is 1.99. The maximum atomic E-state index is 12.1. The number of hydrogen-bond acceptors (Lipinski definition) is 3. The Kier molecular flexibility index (Phi) is 7.32. The molecular weight excluding hydrogens is 292 g/mol. The summed E-state index contributed by atoms with van der Waals surface area (Å²) in [6.45, 7) is 9.14. The Hall–Kier alpha value is -2.30. The van der Waals surface area contributed by atoms with Crippen molar-refractivity contribution in [2.45, 2.75) is 40.5 Å². The van der Waals surface area contributed by atoms with Crippen molar-refractivity contribution in [3.8, 4) is 0 Å². The highest BCUT2D eigenvalue weighted by Crippen LogP contribution is 2.21. The minimum atomic E-state index is -1.08. The Morgan fingerprint density at radius 1 is 1.09 bits per heavy atom. The molecule has 0 heterocycles. The van der Waals surface area contributed by atoms with Gasteiger partial charge in [0.25, 0.3) is 5.91 Å². The van der Waals surface area contributed by atoms with Gasteiger partial charge >= 0.3 is 5.97 Å². The van der Waals surface area contributed by atoms with Crippen LogP contribution in [-0.4, -0.2) is 30.1 Å². The topological polar surface area (TPSA) is 69.6 Å². The number of carbonyl (C=O) groups is 2. The summed E-state index contributed by atoms with van der Waals surface area (Å²) in [5.74, 6) is -1.47. The molecular formula is C18H26N2O3. The summed E-state index contributed by atoms with van der Waals surface area (Å²) >= 11 is 0. The van der Waals surface area contributed by atoms with Gasteiger partial charge in [-0.1, -0.05) is 19.9 Å². The number of aliphatic carboxylic acids is 1. The molecule has 1 aromatic carbocycles. The van der Waals surface area contributed by atoms with Crippen LogP contribution in [0, 0.1) is 0 Å². The molecule has 0 aliphatic heterocycles. The maximum Gasteiger partial charge on any atom is 0.331 e. The normalized spacial score (nSPS) is 11.7. The molecule has 2 N–H and O–H groups in total. The molecule has 1 aromatic rings. The van der Waals surface area contributed by atoms with Gasteiger partial charge in [0, 0.05) is 35.6 Å². The number of carboxylic acid groups (broad SMARTS) is 1. The third kappa shape index (κ3) is 5.43. The van der Waals surface area contributed by atoms with Crippen LogP contribution in [0.5, 0.6) is 0 Å². The number of amides is 1. The van der Waals surface area contributed by atoms with Crippen molar-refractivity contribution < 1.29 is 14.7 Å². The maximum absolute atomic E-state index is 12.1. The molecule has 0 aromatic heterocycles. The first-order chi connectivity index (χ1) is 10.9. The molecule has 23 heavy (non-hydrogen) atoms. The number of benzene rings is 1. The van der Waals surface area contributed by atoms with E-state index in [0.29, 0.717) is 5.69 Å². The predicted octanol–water partition coefficient (Wildman–Crippen LogP) is 3.67. The van der Waals surface area contributed by atoms with E-state index < -0.39 is 5.97 Å². The fraction of sp³-hybridized carbons (Fsp3) is 0.444. The number of anilines is 2. The predicted molar refractivity (Wildman–Crippen MR) is 93.9 cm³/mol. The van der Waals surface area contributed by atoms with E-state index >= 15 is 0 Å². The number of carbonyl (C=O) groups excluding carboxylic acids is 1. The average molecular weight is 318 g/mol. The molecule has 0 aliphatic rings. The van der Waals surface area contributed by atoms with Crippen LogP contribution in [0.1, 0.15) is 40.5 Å². The molecule has 1 amide bonds. The van der Waals surface area contributed by atoms with E-state index in [1.54, 1.807) is 6.07 Å². The molecule has 0 saturated carbocycles. The van der Waals surface area contributed by atoms with E-state index in [9.17, 15) is 9.59 Å². The second-order valence-electron chi connectivity index (χ2n) is 5.55. The largest absolute Gasteiger partial charge is 0.478 e. The molecule has 0 spiro atoms. The molecule has 126 valence electrons. The van der Waals surface area contributed by atoms with Gasteiger partial charge in [0.2, 0.25) is 0 Å². The van der Waals surface area contributed by atoms with Crippen LogP contribution >= 0.6 is 0 Å². The highest BCUT2D eigenvalue weighted by Gasteiger charge is 2.13. The summed E-state index contributed by atoms with van der Waals surface area (Å²) in [6.07, 6.45) is 2.10. The summed E-state index contributed by atoms with van der Waals surface area (Å²) < 4.78 is 0. The van der Waals surface area contributed by atoms with Crippen molar-refractivity contribution in [3.05, 3.63) is 35.4 Å². The lowest BCUT2D eigenvalue weighted by molar-refractivity contribution is -0.133. The molecule has 5 nitrogen and oxygen atoms in total. The molecule has 5 heteroatoms. The number of rotatable bonds is 8. The second-order valence-corrected chi connectivity index (χ2v) is 5.55. The minimum Gasteiger partial charge on any atom is -0.478 e. The minimum absolute atomic E-state index is 0.0530. The Morgan fingerprint density at radius 2 is 1.70 bits per heavy atom. The fourth-order valence-electron chi connectivity index (χ4n) is 2.25. The lowest BCUT2D eigenvalue weighted by atomic mass is 10.1. The lowest BCUT2D eigenvalue weighted by Gasteiger charge is -2.24. The van der Waals surface area contributed by atoms with Crippen LogP contribution in [0.4, 0.5) is 11.4 Å². The van der Waals surface area contributed by atoms with Crippen molar-refractivity contribution in [2.75, 3.05) is 23.3 Å². The van der Waals surface area contributed by atoms with E-state index in [1.807, 2.05) is 18.2 Å². The first kappa shape index (κ1) is 18.7. The lowest BCUT2D eigenvalue weighted by Crippen LogP contribution is -2.25. The van der Waals surface area contributed by atoms with Crippen molar-refractivity contribution >= 4 is 23.3 Å². The van der Waals surface area contributed by atoms with E-state index in [0.717, 1.165) is 31.6 Å². The van der Waals surface area contributed by atoms with Crippen LogP contribution in [0.15, 0.2) is 35.4 Å². The average Bonchev–Trinajstić information content (AvgIpc) is 2.53. The molecule has 0 fully saturated rings. The van der Waals surface area contributed by atoms with Crippen molar-refractivity contribution in [2.24, 2.45) is 0 Å². The van der Waals surface area contributed by atoms with E-state index in [-0.39, 0.29) is 17.1 Å². The SMILES string of the molecule is CCCN(CCC)c1cccc(NC(=O)/C(C)=C(/C)C(=O)O)c1. The number of nitrogens with one attached hydrogen (secondary N) is 1. The summed E-state index contributed by atoms with van der Waals surface area (Å²) in [5, 5.41) is 11.7. The van der Waals surface area contributed by atoms with Gasteiger partial charge in [-0.25, -0.2) is 4.79 Å². The quantitative estimate of drug-likeness (QED) is 0.718. The zero-order chi connectivity index (χ0) is 17.4. The Balaban J connectivity index is 2.94. The zero-order valence-electron chi connectivity index (χ0n) is 14.3. The first-order valence-electron chi connectivity index (χ1n) is 7.97. The Morgan fingerprint density at radius 3 is 2.22 bits per heavy atom. The van der Waals surface area contributed by atoms with Crippen LogP contribution < -0.4 is 10.2 Å². The molecule has 0 bridgehead atoms. The van der Waals surface area contributed by atoms with Gasteiger partial charge in [-0.3, -0.25) is 4.79 Å². The van der Waals surface area contributed by atoms with Gasteiger partial charge in [0.05, 0.1) is 0 Å². The summed E-state index contributed by atoms with van der Waals surface area (Å²) in [7, 11) is 0. The second kappa shape index (κ2) is 8.98. The van der Waals surface area contributed by atoms with E-state index in [1.165, 1.54) is 13.8 Å². The molecule has 0 saturated heterocycles. The first-order valence-corrected chi connectivity index (χ1v) is 7.97. The van der Waals surface area contributed by atoms with Crippen LogP contribution in [0.25, 0.3) is 0 Å². The van der Waals surface area contributed by atoms with Gasteiger partial charge < -0.3 is 15.3 Å². The van der Waals surface area contributed by atoms with Crippen molar-refractivity contribution in [3.63, 3.8) is 0 Å². The highest BCUT2D eigenvalue weighted by atomic mass is 16.4. The summed E-state index contributed by atoms with van der Waals surface area (Å²) in [4.78, 5) is 25.4. The molecule has 0 radical (unpaired) electrons. The van der Waals surface area contributed by atoms with Gasteiger partial charge in [0.1, 0.15) is 0 Å². The molecule has 0 atom stereocenters. The molecule has 0 aliphatic carbocycles. The van der Waals surface area contributed by atoms with E-state index in [2.05, 4.69) is 24.1 Å².